The molecule has 0 aromatic heterocycles. The molecule has 6 heteroatoms. The number of nitrogens with one attached hydrogen (secondary N) is 1. The first-order valence-corrected chi connectivity index (χ1v) is 6.80. The van der Waals surface area contributed by atoms with Gasteiger partial charge in [0.1, 0.15) is 6.29 Å². The van der Waals surface area contributed by atoms with Crippen LogP contribution in [0.15, 0.2) is 36.4 Å². The van der Waals surface area contributed by atoms with Crippen molar-refractivity contribution >= 4 is 29.7 Å². The fourth-order valence-corrected chi connectivity index (χ4v) is 2.13. The molecule has 2 aromatic rings. The van der Waals surface area contributed by atoms with Gasteiger partial charge in [-0.15, -0.1) is 0 Å². The maximum atomic E-state index is 12.0. The predicted molar refractivity (Wildman–Crippen MR) is 84.2 cm³/mol. The highest BCUT2D eigenvalue weighted by Crippen LogP contribution is 2.29. The topological polar surface area (TPSA) is 64.6 Å². The van der Waals surface area contributed by atoms with Crippen LogP contribution in [0.25, 0.3) is 0 Å². The van der Waals surface area contributed by atoms with Crippen molar-refractivity contribution in [1.29, 1.82) is 0 Å². The van der Waals surface area contributed by atoms with Crippen molar-refractivity contribution in [3.05, 3.63) is 52.5 Å². The van der Waals surface area contributed by atoms with Gasteiger partial charge in [0.05, 0.1) is 17.8 Å². The van der Waals surface area contributed by atoms with Crippen molar-refractivity contribution in [1.82, 2.24) is 0 Å². The lowest BCUT2D eigenvalue weighted by atomic mass is 10.2. The molecule has 0 atom stereocenters. The van der Waals surface area contributed by atoms with E-state index in [1.807, 2.05) is 13.0 Å². The Bertz CT molecular complexity index is 695. The van der Waals surface area contributed by atoms with Crippen LogP contribution in [0.1, 0.15) is 15.9 Å². The summed E-state index contributed by atoms with van der Waals surface area (Å²) in [7, 11) is 1.42. The molecule has 2 rings (SSSR count). The van der Waals surface area contributed by atoms with Gasteiger partial charge in [0.2, 0.25) is 0 Å². The number of aldehydes is 1. The summed E-state index contributed by atoms with van der Waals surface area (Å²) in [4.78, 5) is 22.7. The molecular formula is C16H14ClNO4. The molecule has 0 radical (unpaired) electrons. The highest BCUT2D eigenvalue weighted by Gasteiger charge is 2.13. The van der Waals surface area contributed by atoms with Gasteiger partial charge < -0.3 is 9.47 Å². The second-order valence-corrected chi connectivity index (χ2v) is 4.88. The lowest BCUT2D eigenvalue weighted by Gasteiger charge is -2.12. The standard InChI is InChI=1S/C16H14ClNO4/c1-10-4-3-5-12(17)15(10)18-16(20)22-13-7-6-11(9-19)8-14(13)21-2/h3-9H,1-2H3,(H,18,20). The van der Waals surface area contributed by atoms with Crippen LogP contribution in [0.5, 0.6) is 11.5 Å². The van der Waals surface area contributed by atoms with Gasteiger partial charge in [-0.2, -0.15) is 0 Å². The van der Waals surface area contributed by atoms with Crippen molar-refractivity contribution in [3.63, 3.8) is 0 Å². The molecule has 0 fully saturated rings. The summed E-state index contributed by atoms with van der Waals surface area (Å²) >= 11 is 6.04. The van der Waals surface area contributed by atoms with E-state index in [-0.39, 0.29) is 11.5 Å². The fraction of sp³-hybridized carbons (Fsp3) is 0.125. The van der Waals surface area contributed by atoms with Crippen LogP contribution < -0.4 is 14.8 Å². The molecule has 0 spiro atoms. The van der Waals surface area contributed by atoms with Crippen molar-refractivity contribution in [2.45, 2.75) is 6.92 Å². The van der Waals surface area contributed by atoms with E-state index in [0.717, 1.165) is 5.56 Å². The Balaban J connectivity index is 2.17. The molecule has 1 amide bonds. The summed E-state index contributed by atoms with van der Waals surface area (Å²) in [5, 5.41) is 3.01. The number of hydrogen-bond acceptors (Lipinski definition) is 4. The summed E-state index contributed by atoms with van der Waals surface area (Å²) in [6, 6.07) is 9.77. The molecule has 0 aliphatic rings. The molecule has 0 heterocycles. The number of rotatable bonds is 4. The summed E-state index contributed by atoms with van der Waals surface area (Å²) < 4.78 is 10.3. The maximum absolute atomic E-state index is 12.0. The number of carbonyl (C=O) groups excluding carboxylic acids is 2. The second-order valence-electron chi connectivity index (χ2n) is 4.47. The van der Waals surface area contributed by atoms with E-state index in [4.69, 9.17) is 21.1 Å². The van der Waals surface area contributed by atoms with Gasteiger partial charge >= 0.3 is 6.09 Å². The Morgan fingerprint density at radius 1 is 1.23 bits per heavy atom. The Hall–Kier alpha value is -2.53. The summed E-state index contributed by atoms with van der Waals surface area (Å²) in [6.07, 6.45) is -0.0206. The van der Waals surface area contributed by atoms with E-state index >= 15 is 0 Å². The zero-order chi connectivity index (χ0) is 16.1. The van der Waals surface area contributed by atoms with Gasteiger partial charge in [0.25, 0.3) is 0 Å². The molecule has 0 bridgehead atoms. The highest BCUT2D eigenvalue weighted by molar-refractivity contribution is 6.33. The van der Waals surface area contributed by atoms with E-state index < -0.39 is 6.09 Å². The van der Waals surface area contributed by atoms with Gasteiger partial charge in [0, 0.05) is 5.56 Å². The van der Waals surface area contributed by atoms with E-state index in [1.54, 1.807) is 12.1 Å². The molecule has 0 aliphatic heterocycles. The summed E-state index contributed by atoms with van der Waals surface area (Å²) in [6.45, 7) is 1.82. The van der Waals surface area contributed by atoms with E-state index in [1.165, 1.54) is 25.3 Å². The van der Waals surface area contributed by atoms with Crippen molar-refractivity contribution in [2.75, 3.05) is 12.4 Å². The zero-order valence-corrected chi connectivity index (χ0v) is 12.8. The van der Waals surface area contributed by atoms with Crippen molar-refractivity contribution in [3.8, 4) is 11.5 Å². The Kier molecular flexibility index (Phi) is 5.01. The third-order valence-electron chi connectivity index (χ3n) is 2.98. The minimum absolute atomic E-state index is 0.204. The number of aryl methyl sites for hydroxylation is 1. The number of carbonyl (C=O) groups is 2. The Labute approximate surface area is 132 Å². The van der Waals surface area contributed by atoms with Crippen LogP contribution >= 0.6 is 11.6 Å². The minimum atomic E-state index is -0.701. The summed E-state index contributed by atoms with van der Waals surface area (Å²) in [5.74, 6) is 0.492. The zero-order valence-electron chi connectivity index (χ0n) is 12.1. The molecule has 22 heavy (non-hydrogen) atoms. The first-order chi connectivity index (χ1) is 10.5. The van der Waals surface area contributed by atoms with Crippen LogP contribution in [-0.4, -0.2) is 19.5 Å². The van der Waals surface area contributed by atoms with Crippen LogP contribution in [0.4, 0.5) is 10.5 Å². The number of amides is 1. The molecule has 2 aromatic carbocycles. The SMILES string of the molecule is COc1cc(C=O)ccc1OC(=O)Nc1c(C)cccc1Cl. The molecule has 0 aliphatic carbocycles. The molecule has 5 nitrogen and oxygen atoms in total. The molecule has 1 N–H and O–H groups in total. The predicted octanol–water partition coefficient (Wildman–Crippen LogP) is 4.08. The number of hydrogen-bond donors (Lipinski definition) is 1. The van der Waals surface area contributed by atoms with Crippen LogP contribution in [-0.2, 0) is 0 Å². The largest absolute Gasteiger partial charge is 0.493 e. The molecule has 0 unspecified atom stereocenters. The normalized spacial score (nSPS) is 9.95. The number of halogens is 1. The third kappa shape index (κ3) is 3.56. The Morgan fingerprint density at radius 3 is 2.64 bits per heavy atom. The van der Waals surface area contributed by atoms with Gasteiger partial charge in [-0.25, -0.2) is 4.79 Å². The minimum Gasteiger partial charge on any atom is -0.493 e. The van der Waals surface area contributed by atoms with Crippen molar-refractivity contribution in [2.24, 2.45) is 0 Å². The number of para-hydroxylation sites is 1. The number of methoxy groups -OCH3 is 1. The number of anilines is 1. The average Bonchev–Trinajstić information content (AvgIpc) is 2.51. The monoisotopic (exact) mass is 319 g/mol. The van der Waals surface area contributed by atoms with Crippen molar-refractivity contribution < 1.29 is 19.1 Å². The third-order valence-corrected chi connectivity index (χ3v) is 3.29. The highest BCUT2D eigenvalue weighted by atomic mass is 35.5. The first-order valence-electron chi connectivity index (χ1n) is 6.42. The molecule has 114 valence electrons. The lowest BCUT2D eigenvalue weighted by molar-refractivity contribution is 0.112. The lowest BCUT2D eigenvalue weighted by Crippen LogP contribution is -2.18. The van der Waals surface area contributed by atoms with E-state index in [2.05, 4.69) is 5.32 Å². The van der Waals surface area contributed by atoms with E-state index in [9.17, 15) is 9.59 Å². The average molecular weight is 320 g/mol. The first kappa shape index (κ1) is 15.9. The second kappa shape index (κ2) is 6.95. The van der Waals surface area contributed by atoms with Gasteiger partial charge in [0.15, 0.2) is 11.5 Å². The maximum Gasteiger partial charge on any atom is 0.417 e. The quantitative estimate of drug-likeness (QED) is 0.862. The van der Waals surface area contributed by atoms with Gasteiger partial charge in [-0.3, -0.25) is 10.1 Å². The smallest absolute Gasteiger partial charge is 0.417 e. The van der Waals surface area contributed by atoms with E-state index in [0.29, 0.717) is 22.6 Å². The molecule has 0 saturated heterocycles. The van der Waals surface area contributed by atoms with Crippen LogP contribution in [0, 0.1) is 6.92 Å². The van der Waals surface area contributed by atoms with Gasteiger partial charge in [-0.1, -0.05) is 23.7 Å². The molecule has 0 saturated carbocycles. The number of benzene rings is 2. The molecular weight excluding hydrogens is 306 g/mol. The Morgan fingerprint density at radius 2 is 2.00 bits per heavy atom. The van der Waals surface area contributed by atoms with Gasteiger partial charge in [-0.05, 0) is 36.8 Å². The number of ether oxygens (including phenoxy) is 2. The van der Waals surface area contributed by atoms with Crippen LogP contribution in [0.3, 0.4) is 0 Å². The fourth-order valence-electron chi connectivity index (χ4n) is 1.86. The van der Waals surface area contributed by atoms with Crippen LogP contribution in [0.2, 0.25) is 5.02 Å². The summed E-state index contributed by atoms with van der Waals surface area (Å²) in [5.41, 5.74) is 1.72.